The molecule has 0 spiro atoms. The standard InChI is InChI=1S/C10H10N6/c1-7(16-4-2-3-13-16)9-14-8-5-11-6-12-10(8)15-9/h2-7H,1H3,(H,11,12,14,15). The molecule has 0 aromatic carbocycles. The van der Waals surface area contributed by atoms with E-state index in [9.17, 15) is 0 Å². The van der Waals surface area contributed by atoms with Crippen LogP contribution in [0.25, 0.3) is 11.2 Å². The van der Waals surface area contributed by atoms with Gasteiger partial charge < -0.3 is 4.98 Å². The minimum Gasteiger partial charge on any atom is -0.338 e. The Bertz CT molecular complexity index is 564. The van der Waals surface area contributed by atoms with Gasteiger partial charge in [-0.15, -0.1) is 0 Å². The number of rotatable bonds is 2. The molecule has 16 heavy (non-hydrogen) atoms. The molecule has 6 heteroatoms. The third kappa shape index (κ3) is 1.35. The van der Waals surface area contributed by atoms with E-state index in [1.807, 2.05) is 23.9 Å². The first-order valence-corrected chi connectivity index (χ1v) is 4.99. The fourth-order valence-electron chi connectivity index (χ4n) is 1.61. The summed E-state index contributed by atoms with van der Waals surface area (Å²) < 4.78 is 1.84. The summed E-state index contributed by atoms with van der Waals surface area (Å²) in [5.74, 6) is 0.833. The summed E-state index contributed by atoms with van der Waals surface area (Å²) in [4.78, 5) is 15.6. The molecule has 3 aromatic heterocycles. The van der Waals surface area contributed by atoms with Gasteiger partial charge in [0.15, 0.2) is 5.65 Å². The van der Waals surface area contributed by atoms with E-state index in [1.165, 1.54) is 6.33 Å². The minimum absolute atomic E-state index is 0.0594. The molecule has 3 rings (SSSR count). The van der Waals surface area contributed by atoms with Crippen molar-refractivity contribution in [1.29, 1.82) is 0 Å². The Morgan fingerprint density at radius 2 is 2.38 bits per heavy atom. The van der Waals surface area contributed by atoms with Crippen LogP contribution >= 0.6 is 0 Å². The highest BCUT2D eigenvalue weighted by atomic mass is 15.3. The van der Waals surface area contributed by atoms with Crippen molar-refractivity contribution in [3.63, 3.8) is 0 Å². The highest BCUT2D eigenvalue weighted by molar-refractivity contribution is 5.68. The first-order chi connectivity index (χ1) is 7.84. The Balaban J connectivity index is 2.06. The van der Waals surface area contributed by atoms with Crippen LogP contribution in [0, 0.1) is 0 Å². The lowest BCUT2D eigenvalue weighted by molar-refractivity contribution is 0.542. The van der Waals surface area contributed by atoms with Crippen LogP contribution in [0.5, 0.6) is 0 Å². The largest absolute Gasteiger partial charge is 0.338 e. The van der Waals surface area contributed by atoms with Crippen molar-refractivity contribution in [3.8, 4) is 0 Å². The summed E-state index contributed by atoms with van der Waals surface area (Å²) in [5.41, 5.74) is 1.53. The van der Waals surface area contributed by atoms with E-state index in [1.54, 1.807) is 12.4 Å². The molecule has 0 saturated heterocycles. The molecule has 0 saturated carbocycles. The molecular weight excluding hydrogens is 204 g/mol. The summed E-state index contributed by atoms with van der Waals surface area (Å²) in [5, 5.41) is 4.18. The maximum Gasteiger partial charge on any atom is 0.180 e. The second-order valence-electron chi connectivity index (χ2n) is 3.54. The minimum atomic E-state index is 0.0594. The molecule has 0 radical (unpaired) electrons. The van der Waals surface area contributed by atoms with Crippen molar-refractivity contribution in [1.82, 2.24) is 29.7 Å². The van der Waals surface area contributed by atoms with Crippen molar-refractivity contribution in [2.24, 2.45) is 0 Å². The SMILES string of the molecule is CC(c1nc2ncncc2[nH]1)n1cccn1. The molecule has 80 valence electrons. The van der Waals surface area contributed by atoms with Gasteiger partial charge >= 0.3 is 0 Å². The predicted octanol–water partition coefficient (Wildman–Crippen LogP) is 1.16. The molecule has 0 bridgehead atoms. The lowest BCUT2D eigenvalue weighted by Crippen LogP contribution is -2.08. The van der Waals surface area contributed by atoms with Gasteiger partial charge in [-0.25, -0.2) is 15.0 Å². The third-order valence-electron chi connectivity index (χ3n) is 2.50. The van der Waals surface area contributed by atoms with Crippen LogP contribution in [-0.2, 0) is 0 Å². The van der Waals surface area contributed by atoms with Crippen LogP contribution in [0.4, 0.5) is 0 Å². The fraction of sp³-hybridized carbons (Fsp3) is 0.200. The number of aromatic amines is 1. The maximum absolute atomic E-state index is 4.40. The number of hydrogen-bond donors (Lipinski definition) is 1. The summed E-state index contributed by atoms with van der Waals surface area (Å²) in [7, 11) is 0. The van der Waals surface area contributed by atoms with Crippen molar-refractivity contribution in [3.05, 3.63) is 36.8 Å². The van der Waals surface area contributed by atoms with Gasteiger partial charge in [0.05, 0.1) is 6.20 Å². The number of fused-ring (bicyclic) bond motifs is 1. The number of aromatic nitrogens is 6. The topological polar surface area (TPSA) is 72.3 Å². The molecule has 0 aliphatic carbocycles. The van der Waals surface area contributed by atoms with E-state index in [0.29, 0.717) is 5.65 Å². The van der Waals surface area contributed by atoms with Gasteiger partial charge in [-0.2, -0.15) is 5.10 Å². The van der Waals surface area contributed by atoms with Crippen LogP contribution in [0.3, 0.4) is 0 Å². The predicted molar refractivity (Wildman–Crippen MR) is 57.7 cm³/mol. The molecule has 0 aliphatic rings. The second kappa shape index (κ2) is 3.41. The smallest absolute Gasteiger partial charge is 0.180 e. The Kier molecular flexibility index (Phi) is 1.92. The lowest BCUT2D eigenvalue weighted by Gasteiger charge is -2.07. The molecule has 3 heterocycles. The molecule has 1 unspecified atom stereocenters. The molecule has 1 N–H and O–H groups in total. The maximum atomic E-state index is 4.40. The number of H-pyrrole nitrogens is 1. The Morgan fingerprint density at radius 3 is 3.12 bits per heavy atom. The first-order valence-electron chi connectivity index (χ1n) is 4.99. The zero-order valence-corrected chi connectivity index (χ0v) is 8.70. The molecule has 3 aromatic rings. The van der Waals surface area contributed by atoms with Gasteiger partial charge in [-0.05, 0) is 13.0 Å². The van der Waals surface area contributed by atoms with Crippen LogP contribution in [-0.4, -0.2) is 29.7 Å². The quantitative estimate of drug-likeness (QED) is 0.694. The summed E-state index contributed by atoms with van der Waals surface area (Å²) in [6.07, 6.45) is 6.86. The van der Waals surface area contributed by atoms with Crippen LogP contribution in [0.1, 0.15) is 18.8 Å². The Morgan fingerprint density at radius 1 is 1.44 bits per heavy atom. The van der Waals surface area contributed by atoms with Gasteiger partial charge in [0.1, 0.15) is 23.7 Å². The number of imidazole rings is 1. The van der Waals surface area contributed by atoms with E-state index < -0.39 is 0 Å². The molecule has 6 nitrogen and oxygen atoms in total. The molecule has 0 amide bonds. The third-order valence-corrected chi connectivity index (χ3v) is 2.50. The van der Waals surface area contributed by atoms with Gasteiger partial charge in [-0.1, -0.05) is 0 Å². The first kappa shape index (κ1) is 9.02. The molecule has 0 fully saturated rings. The van der Waals surface area contributed by atoms with Crippen LogP contribution in [0.2, 0.25) is 0 Å². The number of nitrogens with one attached hydrogen (secondary N) is 1. The average molecular weight is 214 g/mol. The van der Waals surface area contributed by atoms with Crippen molar-refractivity contribution in [2.45, 2.75) is 13.0 Å². The van der Waals surface area contributed by atoms with Crippen molar-refractivity contribution >= 4 is 11.2 Å². The number of nitrogens with zero attached hydrogens (tertiary/aromatic N) is 5. The van der Waals surface area contributed by atoms with Crippen molar-refractivity contribution in [2.75, 3.05) is 0 Å². The Hall–Kier alpha value is -2.24. The van der Waals surface area contributed by atoms with Gasteiger partial charge in [-0.3, -0.25) is 4.68 Å². The van der Waals surface area contributed by atoms with Gasteiger partial charge in [0.25, 0.3) is 0 Å². The van der Waals surface area contributed by atoms with Gasteiger partial charge in [0, 0.05) is 12.4 Å². The highest BCUT2D eigenvalue weighted by Gasteiger charge is 2.12. The number of hydrogen-bond acceptors (Lipinski definition) is 4. The van der Waals surface area contributed by atoms with E-state index in [2.05, 4.69) is 25.0 Å². The zero-order chi connectivity index (χ0) is 11.0. The summed E-state index contributed by atoms with van der Waals surface area (Å²) in [6.45, 7) is 2.03. The van der Waals surface area contributed by atoms with Gasteiger partial charge in [0.2, 0.25) is 0 Å². The van der Waals surface area contributed by atoms with E-state index >= 15 is 0 Å². The van der Waals surface area contributed by atoms with E-state index in [4.69, 9.17) is 0 Å². The van der Waals surface area contributed by atoms with Crippen molar-refractivity contribution < 1.29 is 0 Å². The molecular formula is C10H10N6. The van der Waals surface area contributed by atoms with E-state index in [0.717, 1.165) is 11.3 Å². The van der Waals surface area contributed by atoms with Crippen LogP contribution in [0.15, 0.2) is 31.0 Å². The second-order valence-corrected chi connectivity index (χ2v) is 3.54. The Labute approximate surface area is 91.4 Å². The summed E-state index contributed by atoms with van der Waals surface area (Å²) in [6, 6.07) is 1.95. The monoisotopic (exact) mass is 214 g/mol. The lowest BCUT2D eigenvalue weighted by atomic mass is 10.3. The fourth-order valence-corrected chi connectivity index (χ4v) is 1.61. The summed E-state index contributed by atoms with van der Waals surface area (Å²) >= 11 is 0. The van der Waals surface area contributed by atoms with Crippen LogP contribution < -0.4 is 0 Å². The molecule has 0 aliphatic heterocycles. The van der Waals surface area contributed by atoms with E-state index in [-0.39, 0.29) is 6.04 Å². The normalized spacial score (nSPS) is 13.1. The zero-order valence-electron chi connectivity index (χ0n) is 8.70. The average Bonchev–Trinajstić information content (AvgIpc) is 2.97. The molecule has 1 atom stereocenters. The highest BCUT2D eigenvalue weighted by Crippen LogP contribution is 2.16.